The van der Waals surface area contributed by atoms with E-state index in [1.807, 2.05) is 23.5 Å². The molecule has 0 saturated heterocycles. The molecule has 0 radical (unpaired) electrons. The number of furan rings is 1. The minimum absolute atomic E-state index is 0.676. The molecule has 9 aromatic carbocycles. The van der Waals surface area contributed by atoms with E-state index >= 15 is 0 Å². The number of hydrogen-bond acceptors (Lipinski definition) is 3. The molecular formula is C54H33ClN2OS. The second-order valence-corrected chi connectivity index (χ2v) is 16.5. The third kappa shape index (κ3) is 5.49. The topological polar surface area (TPSA) is 21.3 Å². The normalized spacial score (nSPS) is 11.8. The van der Waals surface area contributed by atoms with E-state index in [-0.39, 0.29) is 0 Å². The molecule has 0 aliphatic carbocycles. The van der Waals surface area contributed by atoms with Gasteiger partial charge < -0.3 is 13.9 Å². The Bertz CT molecular complexity index is 3570. The third-order valence-electron chi connectivity index (χ3n) is 11.6. The monoisotopic (exact) mass is 792 g/mol. The first kappa shape index (κ1) is 34.0. The van der Waals surface area contributed by atoms with Crippen LogP contribution in [0.25, 0.3) is 91.9 Å². The summed E-state index contributed by atoms with van der Waals surface area (Å²) < 4.78 is 11.3. The predicted octanol–water partition coefficient (Wildman–Crippen LogP) is 16.5. The van der Waals surface area contributed by atoms with Crippen LogP contribution in [0.4, 0.5) is 17.1 Å². The number of anilines is 3. The van der Waals surface area contributed by atoms with E-state index in [9.17, 15) is 0 Å². The molecule has 0 fully saturated rings. The van der Waals surface area contributed by atoms with Crippen LogP contribution in [0.5, 0.6) is 0 Å². The summed E-state index contributed by atoms with van der Waals surface area (Å²) in [5.74, 6) is 0. The van der Waals surface area contributed by atoms with Gasteiger partial charge in [0.25, 0.3) is 0 Å². The number of para-hydroxylation sites is 3. The fourth-order valence-corrected chi connectivity index (χ4v) is 10.5. The van der Waals surface area contributed by atoms with Crippen molar-refractivity contribution in [2.75, 3.05) is 4.90 Å². The van der Waals surface area contributed by atoms with Crippen LogP contribution in [0.2, 0.25) is 5.02 Å². The molecule has 0 N–H and O–H groups in total. The van der Waals surface area contributed by atoms with Crippen LogP contribution in [0.1, 0.15) is 0 Å². The summed E-state index contributed by atoms with van der Waals surface area (Å²) in [6.07, 6.45) is 0. The van der Waals surface area contributed by atoms with Gasteiger partial charge in [-0.05, 0) is 95.6 Å². The first-order chi connectivity index (χ1) is 29.2. The zero-order chi connectivity index (χ0) is 39.0. The molecular weight excluding hydrogens is 760 g/mol. The highest BCUT2D eigenvalue weighted by molar-refractivity contribution is 7.26. The maximum Gasteiger partial charge on any atom is 0.137 e. The van der Waals surface area contributed by atoms with Gasteiger partial charge in [0.2, 0.25) is 0 Å². The van der Waals surface area contributed by atoms with Crippen molar-refractivity contribution in [3.05, 3.63) is 205 Å². The zero-order valence-corrected chi connectivity index (χ0v) is 33.2. The average Bonchev–Trinajstić information content (AvgIpc) is 3.96. The fourth-order valence-electron chi connectivity index (χ4n) is 8.99. The van der Waals surface area contributed by atoms with E-state index < -0.39 is 0 Å². The second-order valence-electron chi connectivity index (χ2n) is 15.0. The largest absolute Gasteiger partial charge is 0.456 e. The van der Waals surface area contributed by atoms with Gasteiger partial charge in [0.05, 0.1) is 11.0 Å². The summed E-state index contributed by atoms with van der Waals surface area (Å²) in [6.45, 7) is 0. The van der Waals surface area contributed by atoms with Gasteiger partial charge in [-0.25, -0.2) is 0 Å². The Hall–Kier alpha value is -7.11. The lowest BCUT2D eigenvalue weighted by Crippen LogP contribution is -2.10. The highest BCUT2D eigenvalue weighted by Crippen LogP contribution is 2.49. The van der Waals surface area contributed by atoms with Crippen LogP contribution >= 0.6 is 22.9 Å². The lowest BCUT2D eigenvalue weighted by molar-refractivity contribution is 0.668. The molecule has 3 aromatic heterocycles. The second kappa shape index (κ2) is 13.5. The molecule has 0 aliphatic rings. The first-order valence-corrected chi connectivity index (χ1v) is 21.0. The Balaban J connectivity index is 1.10. The van der Waals surface area contributed by atoms with E-state index in [4.69, 9.17) is 16.0 Å². The molecule has 3 heterocycles. The van der Waals surface area contributed by atoms with Gasteiger partial charge in [0.1, 0.15) is 11.2 Å². The van der Waals surface area contributed by atoms with E-state index in [0.717, 1.165) is 61.3 Å². The van der Waals surface area contributed by atoms with Crippen molar-refractivity contribution in [1.82, 2.24) is 4.57 Å². The summed E-state index contributed by atoms with van der Waals surface area (Å²) in [6, 6.07) is 71.2. The molecule has 5 heteroatoms. The van der Waals surface area contributed by atoms with Gasteiger partial charge in [-0.1, -0.05) is 127 Å². The van der Waals surface area contributed by atoms with E-state index in [2.05, 4.69) is 198 Å². The van der Waals surface area contributed by atoms with Gasteiger partial charge in [0, 0.05) is 81.1 Å². The number of aromatic nitrogens is 1. The Labute approximate surface area is 349 Å². The number of thiophene rings is 1. The number of rotatable bonds is 6. The molecule has 0 spiro atoms. The van der Waals surface area contributed by atoms with Crippen molar-refractivity contribution in [1.29, 1.82) is 0 Å². The van der Waals surface area contributed by atoms with Crippen molar-refractivity contribution in [2.45, 2.75) is 0 Å². The lowest BCUT2D eigenvalue weighted by atomic mass is 9.98. The van der Waals surface area contributed by atoms with E-state index in [0.29, 0.717) is 5.02 Å². The standard InChI is InChI=1S/C54H33ClN2OS/c55-37-29-36(30-41(31-37)56(38-15-5-2-6-16-38)39-25-23-35(24-26-39)34-13-3-1-4-14-34)46-33-47-42-17-7-10-20-48(42)57(53(47)52-45-19-9-12-22-51(45)59-54(46)52)40-27-28-44-43-18-8-11-21-49(43)58-50(44)32-40/h1-33H. The fraction of sp³-hybridized carbons (Fsp3) is 0. The number of halogens is 1. The Morgan fingerprint density at radius 2 is 1.12 bits per heavy atom. The van der Waals surface area contributed by atoms with Crippen molar-refractivity contribution in [3.8, 4) is 27.9 Å². The van der Waals surface area contributed by atoms with Crippen molar-refractivity contribution in [2.24, 2.45) is 0 Å². The van der Waals surface area contributed by atoms with Crippen LogP contribution in [0, 0.1) is 0 Å². The lowest BCUT2D eigenvalue weighted by Gasteiger charge is -2.26. The van der Waals surface area contributed by atoms with Gasteiger partial charge >= 0.3 is 0 Å². The molecule has 12 aromatic rings. The molecule has 0 bridgehead atoms. The minimum atomic E-state index is 0.676. The highest BCUT2D eigenvalue weighted by atomic mass is 35.5. The summed E-state index contributed by atoms with van der Waals surface area (Å²) in [5.41, 5.74) is 12.8. The molecule has 278 valence electrons. The van der Waals surface area contributed by atoms with Crippen LogP contribution in [0.3, 0.4) is 0 Å². The van der Waals surface area contributed by atoms with Gasteiger partial charge in [0.15, 0.2) is 0 Å². The number of fused-ring (bicyclic) bond motifs is 10. The quantitative estimate of drug-likeness (QED) is 0.167. The average molecular weight is 793 g/mol. The van der Waals surface area contributed by atoms with Crippen molar-refractivity contribution >= 4 is 104 Å². The smallest absolute Gasteiger partial charge is 0.137 e. The van der Waals surface area contributed by atoms with E-state index in [1.54, 1.807) is 0 Å². The zero-order valence-electron chi connectivity index (χ0n) is 31.6. The number of nitrogens with zero attached hydrogens (tertiary/aromatic N) is 2. The van der Waals surface area contributed by atoms with Crippen LogP contribution in [0.15, 0.2) is 205 Å². The van der Waals surface area contributed by atoms with E-state index in [1.165, 1.54) is 47.6 Å². The van der Waals surface area contributed by atoms with Crippen LogP contribution in [-0.2, 0) is 0 Å². The minimum Gasteiger partial charge on any atom is -0.456 e. The summed E-state index contributed by atoms with van der Waals surface area (Å²) in [5, 5.41) is 7.77. The maximum absolute atomic E-state index is 7.19. The van der Waals surface area contributed by atoms with Gasteiger partial charge in [-0.2, -0.15) is 0 Å². The summed E-state index contributed by atoms with van der Waals surface area (Å²) in [4.78, 5) is 2.30. The first-order valence-electron chi connectivity index (χ1n) is 19.8. The number of hydrogen-bond donors (Lipinski definition) is 0. The Kier molecular flexibility index (Phi) is 7.77. The molecule has 0 atom stereocenters. The predicted molar refractivity (Wildman–Crippen MR) is 252 cm³/mol. The van der Waals surface area contributed by atoms with Crippen molar-refractivity contribution in [3.63, 3.8) is 0 Å². The SMILES string of the molecule is Clc1cc(-c2cc3c4ccccc4n(-c4ccc5c(c4)oc4ccccc45)c3c3c2sc2ccccc23)cc(N(c2ccccc2)c2ccc(-c3ccccc3)cc2)c1. The molecule has 0 amide bonds. The maximum atomic E-state index is 7.19. The molecule has 0 unspecified atom stereocenters. The van der Waals surface area contributed by atoms with Gasteiger partial charge in [-0.15, -0.1) is 11.3 Å². The third-order valence-corrected chi connectivity index (χ3v) is 13.0. The number of benzene rings is 9. The summed E-state index contributed by atoms with van der Waals surface area (Å²) in [7, 11) is 0. The Morgan fingerprint density at radius 3 is 1.95 bits per heavy atom. The molecule has 12 rings (SSSR count). The van der Waals surface area contributed by atoms with Gasteiger partial charge in [-0.3, -0.25) is 0 Å². The van der Waals surface area contributed by atoms with Crippen molar-refractivity contribution < 1.29 is 4.42 Å². The van der Waals surface area contributed by atoms with Crippen LogP contribution in [-0.4, -0.2) is 4.57 Å². The molecule has 59 heavy (non-hydrogen) atoms. The van der Waals surface area contributed by atoms with Crippen LogP contribution < -0.4 is 4.90 Å². The summed E-state index contributed by atoms with van der Waals surface area (Å²) >= 11 is 9.03. The highest BCUT2D eigenvalue weighted by Gasteiger charge is 2.23. The Morgan fingerprint density at radius 1 is 0.458 bits per heavy atom. The molecule has 0 saturated carbocycles. The molecule has 3 nitrogen and oxygen atoms in total. The molecule has 0 aliphatic heterocycles.